The van der Waals surface area contributed by atoms with Crippen molar-refractivity contribution in [1.29, 1.82) is 0 Å². The number of carbonyl (C=O) groups excluding carboxylic acids is 1. The molecule has 0 saturated carbocycles. The molecule has 0 amide bonds. The van der Waals surface area contributed by atoms with E-state index in [-0.39, 0.29) is 16.3 Å². The largest absolute Gasteiger partial charge is 0.573 e. The number of benzene rings is 2. The summed E-state index contributed by atoms with van der Waals surface area (Å²) in [7, 11) is 1.56. The van der Waals surface area contributed by atoms with Crippen LogP contribution in [0.15, 0.2) is 65.2 Å². The van der Waals surface area contributed by atoms with Gasteiger partial charge in [0, 0.05) is 23.1 Å². The summed E-state index contributed by atoms with van der Waals surface area (Å²) in [5, 5.41) is 16.5. The maximum absolute atomic E-state index is 13.4. The lowest BCUT2D eigenvalue weighted by Gasteiger charge is -2.07. The Morgan fingerprint density at radius 2 is 1.86 bits per heavy atom. The SMILES string of the molecule is COc1cccc(-c2ccc3c(N)c(C(=O)c4c([O-])on[n+]4-c4ccc(OC(F)(F)F)cc4)sc3n2)c1. The topological polar surface area (TPSA) is 127 Å². The minimum absolute atomic E-state index is 0.0383. The third kappa shape index (κ3) is 4.63. The molecule has 0 bridgehead atoms. The molecule has 2 aromatic carbocycles. The van der Waals surface area contributed by atoms with Crippen LogP contribution in [0, 0.1) is 0 Å². The molecule has 2 N–H and O–H groups in total. The Balaban J connectivity index is 1.51. The second-order valence-electron chi connectivity index (χ2n) is 7.62. The van der Waals surface area contributed by atoms with Crippen LogP contribution < -0.4 is 25.0 Å². The average Bonchev–Trinajstić information content (AvgIpc) is 3.42. The summed E-state index contributed by atoms with van der Waals surface area (Å²) in [6.45, 7) is 0. The van der Waals surface area contributed by atoms with Gasteiger partial charge >= 0.3 is 12.1 Å². The van der Waals surface area contributed by atoms with E-state index in [1.54, 1.807) is 25.3 Å². The molecule has 9 nitrogen and oxygen atoms in total. The molecule has 0 saturated heterocycles. The molecule has 0 atom stereocenters. The van der Waals surface area contributed by atoms with E-state index in [0.29, 0.717) is 21.7 Å². The summed E-state index contributed by atoms with van der Waals surface area (Å²) in [5.74, 6) is -1.64. The van der Waals surface area contributed by atoms with Crippen molar-refractivity contribution in [2.75, 3.05) is 12.8 Å². The van der Waals surface area contributed by atoms with E-state index in [4.69, 9.17) is 10.5 Å². The van der Waals surface area contributed by atoms with Gasteiger partial charge in [-0.15, -0.1) is 24.5 Å². The molecule has 0 aliphatic carbocycles. The zero-order chi connectivity index (χ0) is 26.3. The number of alkyl halides is 3. The van der Waals surface area contributed by atoms with Crippen LogP contribution in [0.2, 0.25) is 0 Å². The van der Waals surface area contributed by atoms with Crippen molar-refractivity contribution >= 4 is 33.0 Å². The summed E-state index contributed by atoms with van der Waals surface area (Å²) >= 11 is 0.987. The van der Waals surface area contributed by atoms with Gasteiger partial charge in [-0.05, 0) is 41.1 Å². The highest BCUT2D eigenvalue weighted by atomic mass is 32.1. The van der Waals surface area contributed by atoms with Crippen molar-refractivity contribution in [3.05, 3.63) is 71.2 Å². The van der Waals surface area contributed by atoms with Crippen LogP contribution in [0.4, 0.5) is 18.9 Å². The fourth-order valence-electron chi connectivity index (χ4n) is 3.62. The van der Waals surface area contributed by atoms with Crippen molar-refractivity contribution in [1.82, 2.24) is 10.3 Å². The zero-order valence-corrected chi connectivity index (χ0v) is 19.6. The molecular formula is C24H15F3N4O5S. The maximum atomic E-state index is 13.4. The first-order valence-electron chi connectivity index (χ1n) is 10.5. The Morgan fingerprint density at radius 1 is 1.11 bits per heavy atom. The number of carbonyl (C=O) groups is 1. The number of nitrogens with zero attached hydrogens (tertiary/aromatic N) is 3. The van der Waals surface area contributed by atoms with E-state index in [0.717, 1.165) is 33.7 Å². The summed E-state index contributed by atoms with van der Waals surface area (Å²) in [4.78, 5) is 18.5. The molecule has 188 valence electrons. The minimum Gasteiger partial charge on any atom is -0.539 e. The van der Waals surface area contributed by atoms with E-state index < -0.39 is 29.5 Å². The minimum atomic E-state index is -4.87. The Hall–Kier alpha value is -4.65. The van der Waals surface area contributed by atoms with Crippen LogP contribution in [0.1, 0.15) is 15.4 Å². The first-order chi connectivity index (χ1) is 17.6. The molecule has 37 heavy (non-hydrogen) atoms. The van der Waals surface area contributed by atoms with Crippen molar-refractivity contribution < 1.29 is 41.8 Å². The summed E-state index contributed by atoms with van der Waals surface area (Å²) in [6, 6.07) is 15.2. The number of ether oxygens (including phenoxy) is 2. The zero-order valence-electron chi connectivity index (χ0n) is 18.8. The molecule has 13 heteroatoms. The smallest absolute Gasteiger partial charge is 0.539 e. The number of hydrogen-bond acceptors (Lipinski definition) is 9. The Morgan fingerprint density at radius 3 is 2.57 bits per heavy atom. The lowest BCUT2D eigenvalue weighted by molar-refractivity contribution is -0.672. The van der Waals surface area contributed by atoms with Crippen LogP contribution >= 0.6 is 11.3 Å². The van der Waals surface area contributed by atoms with E-state index in [2.05, 4.69) is 19.5 Å². The number of methoxy groups -OCH3 is 1. The Labute approximate surface area is 210 Å². The van der Waals surface area contributed by atoms with Gasteiger partial charge < -0.3 is 24.8 Å². The van der Waals surface area contributed by atoms with E-state index in [1.165, 1.54) is 12.1 Å². The molecule has 3 aromatic heterocycles. The van der Waals surface area contributed by atoms with Crippen molar-refractivity contribution in [2.24, 2.45) is 0 Å². The highest BCUT2D eigenvalue weighted by molar-refractivity contribution is 7.21. The van der Waals surface area contributed by atoms with Crippen molar-refractivity contribution in [3.63, 3.8) is 0 Å². The first kappa shape index (κ1) is 24.1. The van der Waals surface area contributed by atoms with Crippen LogP contribution in [-0.4, -0.2) is 29.5 Å². The number of nitrogen functional groups attached to an aromatic ring is 1. The molecule has 0 radical (unpaired) electrons. The molecule has 0 fully saturated rings. The third-order valence-corrected chi connectivity index (χ3v) is 6.42. The van der Waals surface area contributed by atoms with Crippen molar-refractivity contribution in [3.8, 4) is 34.4 Å². The van der Waals surface area contributed by atoms with Gasteiger partial charge in [0.25, 0.3) is 5.78 Å². The highest BCUT2D eigenvalue weighted by Gasteiger charge is 2.33. The number of halogens is 3. The second-order valence-corrected chi connectivity index (χ2v) is 8.62. The van der Waals surface area contributed by atoms with Crippen LogP contribution in [0.25, 0.3) is 27.2 Å². The molecule has 5 rings (SSSR count). The van der Waals surface area contributed by atoms with Gasteiger partial charge in [-0.3, -0.25) is 4.79 Å². The van der Waals surface area contributed by atoms with Gasteiger partial charge in [0.2, 0.25) is 5.69 Å². The number of ketones is 1. The number of hydrogen-bond donors (Lipinski definition) is 1. The molecule has 0 spiro atoms. The van der Waals surface area contributed by atoms with Crippen molar-refractivity contribution in [2.45, 2.75) is 6.36 Å². The summed E-state index contributed by atoms with van der Waals surface area (Å²) in [6.07, 6.45) is -4.87. The van der Waals surface area contributed by atoms with Crippen LogP contribution in [0.5, 0.6) is 17.4 Å². The number of rotatable bonds is 6. The fraction of sp³-hybridized carbons (Fsp3) is 0.0833. The quantitative estimate of drug-likeness (QED) is 0.259. The summed E-state index contributed by atoms with van der Waals surface area (Å²) in [5.41, 5.74) is 7.40. The van der Waals surface area contributed by atoms with Gasteiger partial charge in [0.05, 0.1) is 23.8 Å². The van der Waals surface area contributed by atoms with E-state index in [9.17, 15) is 23.1 Å². The lowest BCUT2D eigenvalue weighted by atomic mass is 10.1. The standard InChI is InChI=1S/C24H15F3N4O5S/c1-34-15-4-2-3-12(11-15)17-10-9-16-18(28)21(37-22(16)29-17)20(32)19-23(33)36-30-31(19)13-5-7-14(8-6-13)35-24(25,26)27/h2-11H,1H3,(H2-,28,30,32,33). The molecular weight excluding hydrogens is 513 g/mol. The summed E-state index contributed by atoms with van der Waals surface area (Å²) < 4.78 is 52.0. The molecule has 0 aliphatic heterocycles. The second kappa shape index (κ2) is 9.09. The van der Waals surface area contributed by atoms with Crippen LogP contribution in [-0.2, 0) is 0 Å². The number of nitrogens with two attached hydrogens (primary N) is 1. The van der Waals surface area contributed by atoms with Crippen LogP contribution in [0.3, 0.4) is 0 Å². The maximum Gasteiger partial charge on any atom is 0.573 e. The number of fused-ring (bicyclic) bond motifs is 1. The Kier molecular flexibility index (Phi) is 5.91. The molecule has 5 aromatic rings. The predicted octanol–water partition coefficient (Wildman–Crippen LogP) is 4.02. The number of pyridine rings is 1. The van der Waals surface area contributed by atoms with Gasteiger partial charge in [-0.2, -0.15) is 0 Å². The number of thiophene rings is 1. The molecule has 0 unspecified atom stereocenters. The number of anilines is 1. The van der Waals surface area contributed by atoms with Gasteiger partial charge in [-0.1, -0.05) is 12.1 Å². The van der Waals surface area contributed by atoms with Gasteiger partial charge in [0.1, 0.15) is 21.2 Å². The van der Waals surface area contributed by atoms with Gasteiger partial charge in [-0.25, -0.2) is 4.98 Å². The highest BCUT2D eigenvalue weighted by Crippen LogP contribution is 2.36. The average molecular weight is 528 g/mol. The predicted molar refractivity (Wildman–Crippen MR) is 124 cm³/mol. The third-order valence-electron chi connectivity index (χ3n) is 5.31. The first-order valence-corrected chi connectivity index (χ1v) is 11.3. The van der Waals surface area contributed by atoms with E-state index in [1.807, 2.05) is 18.2 Å². The fourth-order valence-corrected chi connectivity index (χ4v) is 4.65. The number of aromatic nitrogens is 3. The van der Waals surface area contributed by atoms with E-state index >= 15 is 0 Å². The lowest BCUT2D eigenvalue weighted by Crippen LogP contribution is -2.39. The molecule has 3 heterocycles. The Bertz CT molecular complexity index is 1630. The molecule has 0 aliphatic rings. The van der Waals surface area contributed by atoms with Gasteiger partial charge in [0.15, 0.2) is 5.95 Å². The monoisotopic (exact) mass is 528 g/mol. The normalized spacial score (nSPS) is 11.6.